The van der Waals surface area contributed by atoms with Gasteiger partial charge >= 0.3 is 0 Å². The molecule has 0 N–H and O–H groups in total. The summed E-state index contributed by atoms with van der Waals surface area (Å²) >= 11 is 5.98. The van der Waals surface area contributed by atoms with E-state index in [1.54, 1.807) is 53.4 Å². The SMILES string of the molecule is CC[C@H](Oc1cccc(Cl)c1)C(=O)N1CCN(S(=O)(=O)c2ccc(C)cc2)CC1. The fraction of sp³-hybridized carbons (Fsp3) is 0.381. The molecule has 1 aliphatic rings. The number of ether oxygens (including phenoxy) is 1. The Labute approximate surface area is 177 Å². The van der Waals surface area contributed by atoms with E-state index in [2.05, 4.69) is 0 Å². The monoisotopic (exact) mass is 436 g/mol. The van der Waals surface area contributed by atoms with E-state index in [0.29, 0.717) is 30.3 Å². The summed E-state index contributed by atoms with van der Waals surface area (Å²) in [7, 11) is -3.56. The van der Waals surface area contributed by atoms with Crippen molar-refractivity contribution in [1.29, 1.82) is 0 Å². The third-order valence-electron chi connectivity index (χ3n) is 4.93. The van der Waals surface area contributed by atoms with Gasteiger partial charge in [0.1, 0.15) is 5.75 Å². The maximum atomic E-state index is 12.9. The van der Waals surface area contributed by atoms with Crippen LogP contribution in [0.1, 0.15) is 18.9 Å². The standard InChI is InChI=1S/C21H25ClN2O4S/c1-3-20(28-18-6-4-5-17(22)15-18)21(25)23-11-13-24(14-12-23)29(26,27)19-9-7-16(2)8-10-19/h4-10,15,20H,3,11-14H2,1-2H3/t20-/m0/s1. The molecule has 2 aromatic rings. The minimum Gasteiger partial charge on any atom is -0.481 e. The highest BCUT2D eigenvalue weighted by Gasteiger charge is 2.32. The summed E-state index contributed by atoms with van der Waals surface area (Å²) in [4.78, 5) is 14.8. The van der Waals surface area contributed by atoms with E-state index in [9.17, 15) is 13.2 Å². The van der Waals surface area contributed by atoms with Crippen LogP contribution in [-0.2, 0) is 14.8 Å². The lowest BCUT2D eigenvalue weighted by molar-refractivity contribution is -0.140. The Hall–Kier alpha value is -2.09. The van der Waals surface area contributed by atoms with Gasteiger partial charge in [-0.2, -0.15) is 4.31 Å². The van der Waals surface area contributed by atoms with Crippen molar-refractivity contribution in [3.05, 3.63) is 59.1 Å². The Balaban J connectivity index is 1.63. The molecule has 1 heterocycles. The van der Waals surface area contributed by atoms with Crippen molar-refractivity contribution in [2.75, 3.05) is 26.2 Å². The van der Waals surface area contributed by atoms with Crippen molar-refractivity contribution >= 4 is 27.5 Å². The van der Waals surface area contributed by atoms with Gasteiger partial charge in [0.25, 0.3) is 5.91 Å². The molecule has 0 aliphatic carbocycles. The summed E-state index contributed by atoms with van der Waals surface area (Å²) in [5.41, 5.74) is 1.00. The number of benzene rings is 2. The maximum absolute atomic E-state index is 12.9. The summed E-state index contributed by atoms with van der Waals surface area (Å²) in [5.74, 6) is 0.401. The lowest BCUT2D eigenvalue weighted by atomic mass is 10.2. The molecular formula is C21H25ClN2O4S. The van der Waals surface area contributed by atoms with Crippen LogP contribution in [0.25, 0.3) is 0 Å². The zero-order valence-corrected chi connectivity index (χ0v) is 18.1. The highest BCUT2D eigenvalue weighted by molar-refractivity contribution is 7.89. The van der Waals surface area contributed by atoms with E-state index in [1.807, 2.05) is 13.8 Å². The fourth-order valence-electron chi connectivity index (χ4n) is 3.22. The van der Waals surface area contributed by atoms with Gasteiger partial charge in [0.15, 0.2) is 6.10 Å². The largest absolute Gasteiger partial charge is 0.481 e. The Morgan fingerprint density at radius 1 is 1.10 bits per heavy atom. The molecule has 0 saturated carbocycles. The molecule has 1 saturated heterocycles. The molecule has 1 amide bonds. The molecule has 1 aliphatic heterocycles. The van der Waals surface area contributed by atoms with Gasteiger partial charge in [-0.15, -0.1) is 0 Å². The molecule has 0 bridgehead atoms. The smallest absolute Gasteiger partial charge is 0.263 e. The first-order valence-electron chi connectivity index (χ1n) is 9.59. The number of nitrogens with zero attached hydrogens (tertiary/aromatic N) is 2. The number of hydrogen-bond acceptors (Lipinski definition) is 4. The van der Waals surface area contributed by atoms with Crippen LogP contribution in [0.3, 0.4) is 0 Å². The number of piperazine rings is 1. The number of amides is 1. The maximum Gasteiger partial charge on any atom is 0.263 e. The van der Waals surface area contributed by atoms with Gasteiger partial charge in [-0.05, 0) is 43.7 Å². The lowest BCUT2D eigenvalue weighted by Gasteiger charge is -2.35. The molecule has 3 rings (SSSR count). The molecule has 1 atom stereocenters. The predicted octanol–water partition coefficient (Wildman–Crippen LogP) is 3.34. The van der Waals surface area contributed by atoms with E-state index in [-0.39, 0.29) is 23.9 Å². The van der Waals surface area contributed by atoms with Crippen LogP contribution in [0.5, 0.6) is 5.75 Å². The third-order valence-corrected chi connectivity index (χ3v) is 7.08. The van der Waals surface area contributed by atoms with E-state index >= 15 is 0 Å². The van der Waals surface area contributed by atoms with E-state index in [1.165, 1.54) is 4.31 Å². The van der Waals surface area contributed by atoms with Crippen LogP contribution in [0, 0.1) is 6.92 Å². The number of carbonyl (C=O) groups excluding carboxylic acids is 1. The molecule has 0 radical (unpaired) electrons. The molecule has 8 heteroatoms. The molecule has 156 valence electrons. The summed E-state index contributed by atoms with van der Waals surface area (Å²) < 4.78 is 32.9. The van der Waals surface area contributed by atoms with Crippen LogP contribution in [0.2, 0.25) is 5.02 Å². The zero-order valence-electron chi connectivity index (χ0n) is 16.5. The highest BCUT2D eigenvalue weighted by atomic mass is 35.5. The minimum absolute atomic E-state index is 0.139. The van der Waals surface area contributed by atoms with Gasteiger partial charge in [0, 0.05) is 31.2 Å². The quantitative estimate of drug-likeness (QED) is 0.696. The van der Waals surface area contributed by atoms with Crippen LogP contribution in [0.15, 0.2) is 53.4 Å². The van der Waals surface area contributed by atoms with Crippen molar-refractivity contribution in [3.8, 4) is 5.75 Å². The normalized spacial score (nSPS) is 16.4. The first-order valence-corrected chi connectivity index (χ1v) is 11.4. The molecule has 0 aromatic heterocycles. The second-order valence-electron chi connectivity index (χ2n) is 7.01. The molecule has 29 heavy (non-hydrogen) atoms. The van der Waals surface area contributed by atoms with Crippen LogP contribution < -0.4 is 4.74 Å². The van der Waals surface area contributed by atoms with Crippen LogP contribution >= 0.6 is 11.6 Å². The van der Waals surface area contributed by atoms with Crippen molar-refractivity contribution in [1.82, 2.24) is 9.21 Å². The average molecular weight is 437 g/mol. The van der Waals surface area contributed by atoms with Crippen molar-refractivity contribution in [2.24, 2.45) is 0 Å². The number of sulfonamides is 1. The lowest BCUT2D eigenvalue weighted by Crippen LogP contribution is -2.53. The van der Waals surface area contributed by atoms with Gasteiger partial charge in [-0.1, -0.05) is 42.3 Å². The molecule has 0 spiro atoms. The van der Waals surface area contributed by atoms with Gasteiger partial charge in [0.2, 0.25) is 10.0 Å². The Morgan fingerprint density at radius 2 is 1.76 bits per heavy atom. The highest BCUT2D eigenvalue weighted by Crippen LogP contribution is 2.22. The summed E-state index contributed by atoms with van der Waals surface area (Å²) in [6.07, 6.45) is -0.124. The van der Waals surface area contributed by atoms with E-state index in [0.717, 1.165) is 5.56 Å². The predicted molar refractivity (Wildman–Crippen MR) is 113 cm³/mol. The van der Waals surface area contributed by atoms with Crippen molar-refractivity contribution in [2.45, 2.75) is 31.3 Å². The van der Waals surface area contributed by atoms with E-state index < -0.39 is 16.1 Å². The Morgan fingerprint density at radius 3 is 2.34 bits per heavy atom. The number of hydrogen-bond donors (Lipinski definition) is 0. The second kappa shape index (κ2) is 9.15. The van der Waals surface area contributed by atoms with Gasteiger partial charge in [-0.25, -0.2) is 8.42 Å². The summed E-state index contributed by atoms with van der Waals surface area (Å²) in [6.45, 7) is 4.98. The Kier molecular flexibility index (Phi) is 6.82. The number of rotatable bonds is 6. The first kappa shape index (κ1) is 21.6. The number of aryl methyl sites for hydroxylation is 1. The topological polar surface area (TPSA) is 66.9 Å². The van der Waals surface area contributed by atoms with Gasteiger partial charge in [0.05, 0.1) is 4.90 Å². The molecule has 6 nitrogen and oxygen atoms in total. The Bertz CT molecular complexity index is 955. The number of carbonyl (C=O) groups is 1. The van der Waals surface area contributed by atoms with Crippen molar-refractivity contribution < 1.29 is 17.9 Å². The number of halogens is 1. The molecule has 2 aromatic carbocycles. The van der Waals surface area contributed by atoms with Gasteiger partial charge < -0.3 is 9.64 Å². The first-order chi connectivity index (χ1) is 13.8. The summed E-state index contributed by atoms with van der Waals surface area (Å²) in [5, 5.41) is 0.541. The van der Waals surface area contributed by atoms with E-state index in [4.69, 9.17) is 16.3 Å². The summed E-state index contributed by atoms with van der Waals surface area (Å²) in [6, 6.07) is 13.7. The minimum atomic E-state index is -3.56. The third kappa shape index (κ3) is 5.10. The molecule has 1 fully saturated rings. The van der Waals surface area contributed by atoms with Crippen LogP contribution in [-0.4, -0.2) is 55.8 Å². The van der Waals surface area contributed by atoms with Crippen molar-refractivity contribution in [3.63, 3.8) is 0 Å². The average Bonchev–Trinajstić information content (AvgIpc) is 2.72. The molecular weight excluding hydrogens is 412 g/mol. The van der Waals surface area contributed by atoms with Gasteiger partial charge in [-0.3, -0.25) is 4.79 Å². The fourth-order valence-corrected chi connectivity index (χ4v) is 4.83. The zero-order chi connectivity index (χ0) is 21.0. The van der Waals surface area contributed by atoms with Crippen LogP contribution in [0.4, 0.5) is 0 Å². The second-order valence-corrected chi connectivity index (χ2v) is 9.39. The molecule has 0 unspecified atom stereocenters.